The lowest BCUT2D eigenvalue weighted by Crippen LogP contribution is -2.11. The van der Waals surface area contributed by atoms with Crippen LogP contribution in [0.15, 0.2) is 36.4 Å². The SMILES string of the molecule is Cc1ccc(C#N)cc1NCc1ccc(C(N)=O)cc1Cl. The number of primary amides is 1. The van der Waals surface area contributed by atoms with E-state index in [9.17, 15) is 4.79 Å². The van der Waals surface area contributed by atoms with Crippen LogP contribution < -0.4 is 11.1 Å². The maximum atomic E-state index is 11.1. The molecule has 0 radical (unpaired) electrons. The van der Waals surface area contributed by atoms with Gasteiger partial charge in [-0.25, -0.2) is 0 Å². The molecule has 0 heterocycles. The molecule has 0 aliphatic rings. The number of hydrogen-bond donors (Lipinski definition) is 2. The monoisotopic (exact) mass is 299 g/mol. The number of nitrogens with zero attached hydrogens (tertiary/aromatic N) is 1. The lowest BCUT2D eigenvalue weighted by Gasteiger charge is -2.11. The van der Waals surface area contributed by atoms with Crippen LogP contribution in [0.25, 0.3) is 0 Å². The molecule has 0 fully saturated rings. The van der Waals surface area contributed by atoms with E-state index >= 15 is 0 Å². The zero-order valence-electron chi connectivity index (χ0n) is 11.5. The third-order valence-electron chi connectivity index (χ3n) is 3.17. The van der Waals surface area contributed by atoms with E-state index in [1.165, 1.54) is 0 Å². The van der Waals surface area contributed by atoms with Crippen molar-refractivity contribution in [1.29, 1.82) is 5.26 Å². The van der Waals surface area contributed by atoms with Gasteiger partial charge in [0.2, 0.25) is 5.91 Å². The molecule has 0 spiro atoms. The maximum Gasteiger partial charge on any atom is 0.248 e. The summed E-state index contributed by atoms with van der Waals surface area (Å²) in [7, 11) is 0. The second-order valence-corrected chi connectivity index (χ2v) is 5.07. The molecule has 2 rings (SSSR count). The Morgan fingerprint density at radius 1 is 1.33 bits per heavy atom. The number of nitriles is 1. The van der Waals surface area contributed by atoms with Gasteiger partial charge in [0.25, 0.3) is 0 Å². The number of hydrogen-bond acceptors (Lipinski definition) is 3. The van der Waals surface area contributed by atoms with Gasteiger partial charge in [-0.1, -0.05) is 23.7 Å². The average Bonchev–Trinajstić information content (AvgIpc) is 2.47. The molecule has 2 aromatic rings. The quantitative estimate of drug-likeness (QED) is 0.909. The Balaban J connectivity index is 2.17. The molecule has 5 heteroatoms. The van der Waals surface area contributed by atoms with E-state index in [0.717, 1.165) is 16.8 Å². The van der Waals surface area contributed by atoms with Gasteiger partial charge in [-0.05, 0) is 42.3 Å². The highest BCUT2D eigenvalue weighted by molar-refractivity contribution is 6.31. The van der Waals surface area contributed by atoms with Crippen molar-refractivity contribution in [2.45, 2.75) is 13.5 Å². The molecule has 0 saturated heterocycles. The molecule has 0 atom stereocenters. The maximum absolute atomic E-state index is 11.1. The van der Waals surface area contributed by atoms with Crippen LogP contribution in [0.3, 0.4) is 0 Å². The van der Waals surface area contributed by atoms with E-state index in [1.807, 2.05) is 13.0 Å². The minimum absolute atomic E-state index is 0.381. The normalized spacial score (nSPS) is 9.95. The van der Waals surface area contributed by atoms with Crippen molar-refractivity contribution in [2.24, 2.45) is 5.73 Å². The van der Waals surface area contributed by atoms with Crippen molar-refractivity contribution >= 4 is 23.2 Å². The highest BCUT2D eigenvalue weighted by atomic mass is 35.5. The first kappa shape index (κ1) is 14.9. The topological polar surface area (TPSA) is 78.9 Å². The van der Waals surface area contributed by atoms with E-state index in [4.69, 9.17) is 22.6 Å². The molecule has 1 amide bonds. The van der Waals surface area contributed by atoms with Crippen molar-refractivity contribution < 1.29 is 4.79 Å². The molecule has 0 bridgehead atoms. The summed E-state index contributed by atoms with van der Waals surface area (Å²) in [5.74, 6) is -0.506. The van der Waals surface area contributed by atoms with E-state index in [-0.39, 0.29) is 0 Å². The fraction of sp³-hybridized carbons (Fsp3) is 0.125. The van der Waals surface area contributed by atoms with Crippen molar-refractivity contribution in [1.82, 2.24) is 0 Å². The zero-order chi connectivity index (χ0) is 15.4. The fourth-order valence-electron chi connectivity index (χ4n) is 1.92. The van der Waals surface area contributed by atoms with Crippen molar-refractivity contribution in [2.75, 3.05) is 5.32 Å². The highest BCUT2D eigenvalue weighted by Crippen LogP contribution is 2.21. The van der Waals surface area contributed by atoms with Gasteiger partial charge < -0.3 is 11.1 Å². The predicted octanol–water partition coefficient (Wildman–Crippen LogP) is 3.23. The minimum atomic E-state index is -0.506. The third-order valence-corrected chi connectivity index (χ3v) is 3.53. The number of anilines is 1. The number of nitrogens with two attached hydrogens (primary N) is 1. The summed E-state index contributed by atoms with van der Waals surface area (Å²) in [4.78, 5) is 11.1. The van der Waals surface area contributed by atoms with Crippen LogP contribution in [0.5, 0.6) is 0 Å². The summed E-state index contributed by atoms with van der Waals surface area (Å²) in [5, 5.41) is 12.6. The molecule has 4 nitrogen and oxygen atoms in total. The molecule has 21 heavy (non-hydrogen) atoms. The van der Waals surface area contributed by atoms with Crippen LogP contribution in [0.1, 0.15) is 27.0 Å². The van der Waals surface area contributed by atoms with E-state index < -0.39 is 5.91 Å². The van der Waals surface area contributed by atoms with Crippen LogP contribution in [-0.2, 0) is 6.54 Å². The Labute approximate surface area is 128 Å². The Morgan fingerprint density at radius 3 is 2.71 bits per heavy atom. The van der Waals surface area contributed by atoms with Gasteiger partial charge >= 0.3 is 0 Å². The fourth-order valence-corrected chi connectivity index (χ4v) is 2.16. The summed E-state index contributed by atoms with van der Waals surface area (Å²) in [6.45, 7) is 2.45. The first-order valence-electron chi connectivity index (χ1n) is 6.34. The molecule has 2 aromatic carbocycles. The Morgan fingerprint density at radius 2 is 2.10 bits per heavy atom. The average molecular weight is 300 g/mol. The van der Waals surface area contributed by atoms with Crippen molar-refractivity contribution in [3.63, 3.8) is 0 Å². The predicted molar refractivity (Wildman–Crippen MR) is 83.2 cm³/mol. The summed E-state index contributed by atoms with van der Waals surface area (Å²) in [6, 6.07) is 12.5. The van der Waals surface area contributed by atoms with Crippen LogP contribution >= 0.6 is 11.6 Å². The van der Waals surface area contributed by atoms with E-state index in [0.29, 0.717) is 22.7 Å². The zero-order valence-corrected chi connectivity index (χ0v) is 12.2. The molecule has 0 unspecified atom stereocenters. The molecular formula is C16H14ClN3O. The molecular weight excluding hydrogens is 286 g/mol. The number of rotatable bonds is 4. The summed E-state index contributed by atoms with van der Waals surface area (Å²) < 4.78 is 0. The van der Waals surface area contributed by atoms with Crippen LogP contribution in [0, 0.1) is 18.3 Å². The van der Waals surface area contributed by atoms with Gasteiger partial charge in [-0.15, -0.1) is 0 Å². The molecule has 0 aliphatic heterocycles. The minimum Gasteiger partial charge on any atom is -0.381 e. The number of carbonyl (C=O) groups excluding carboxylic acids is 1. The molecule has 0 aliphatic carbocycles. The molecule has 0 aromatic heterocycles. The second kappa shape index (κ2) is 6.29. The molecule has 0 saturated carbocycles. The summed E-state index contributed by atoms with van der Waals surface area (Å²) in [6.07, 6.45) is 0. The number of carbonyl (C=O) groups is 1. The van der Waals surface area contributed by atoms with Gasteiger partial charge in [0, 0.05) is 22.8 Å². The van der Waals surface area contributed by atoms with Gasteiger partial charge in [0.1, 0.15) is 0 Å². The second-order valence-electron chi connectivity index (χ2n) is 4.67. The standard InChI is InChI=1S/C16H14ClN3O/c1-10-2-3-11(8-18)6-15(10)20-9-13-5-4-12(16(19)21)7-14(13)17/h2-7,20H,9H2,1H3,(H2,19,21). The number of amides is 1. The van der Waals surface area contributed by atoms with Crippen molar-refractivity contribution in [3.05, 3.63) is 63.7 Å². The van der Waals surface area contributed by atoms with Crippen molar-refractivity contribution in [3.8, 4) is 6.07 Å². The number of halogens is 1. The van der Waals surface area contributed by atoms with Gasteiger partial charge in [-0.2, -0.15) is 5.26 Å². The summed E-state index contributed by atoms with van der Waals surface area (Å²) >= 11 is 6.14. The number of aryl methyl sites for hydroxylation is 1. The van der Waals surface area contributed by atoms with Gasteiger partial charge in [0.05, 0.1) is 11.6 Å². The summed E-state index contributed by atoms with van der Waals surface area (Å²) in [5.41, 5.74) is 8.95. The van der Waals surface area contributed by atoms with Crippen LogP contribution in [0.2, 0.25) is 5.02 Å². The number of benzene rings is 2. The Bertz CT molecular complexity index is 735. The molecule has 106 valence electrons. The van der Waals surface area contributed by atoms with Gasteiger partial charge in [-0.3, -0.25) is 4.79 Å². The van der Waals surface area contributed by atoms with Crippen LogP contribution in [0.4, 0.5) is 5.69 Å². The lowest BCUT2D eigenvalue weighted by molar-refractivity contribution is 0.100. The first-order valence-corrected chi connectivity index (χ1v) is 6.72. The lowest BCUT2D eigenvalue weighted by atomic mass is 10.1. The van der Waals surface area contributed by atoms with E-state index in [2.05, 4.69) is 11.4 Å². The van der Waals surface area contributed by atoms with Gasteiger partial charge in [0.15, 0.2) is 0 Å². The molecule has 3 N–H and O–H groups in total. The Kier molecular flexibility index (Phi) is 4.46. The Hall–Kier alpha value is -2.51. The smallest absolute Gasteiger partial charge is 0.248 e. The number of nitrogens with one attached hydrogen (secondary N) is 1. The highest BCUT2D eigenvalue weighted by Gasteiger charge is 2.06. The third kappa shape index (κ3) is 3.53. The largest absolute Gasteiger partial charge is 0.381 e. The van der Waals surface area contributed by atoms with Crippen LogP contribution in [-0.4, -0.2) is 5.91 Å². The van der Waals surface area contributed by atoms with E-state index in [1.54, 1.807) is 30.3 Å². The first-order chi connectivity index (χ1) is 10.0.